The summed E-state index contributed by atoms with van der Waals surface area (Å²) in [7, 11) is 0. The molecular weight excluding hydrogens is 256 g/mol. The Hall–Kier alpha value is -0.840. The largest absolute Gasteiger partial charge is 0.468 e. The van der Waals surface area contributed by atoms with Crippen molar-refractivity contribution in [1.29, 1.82) is 0 Å². The first kappa shape index (κ1) is 14.2. The SMILES string of the molecule is CCC(NCc1ccco1)c1nc(C)cs1.Cl. The van der Waals surface area contributed by atoms with Crippen molar-refractivity contribution in [2.24, 2.45) is 0 Å². The lowest BCUT2D eigenvalue weighted by atomic mass is 10.2. The lowest BCUT2D eigenvalue weighted by Gasteiger charge is -2.12. The first-order valence-corrected chi connectivity index (χ1v) is 6.35. The highest BCUT2D eigenvalue weighted by atomic mass is 35.5. The van der Waals surface area contributed by atoms with Crippen LogP contribution in [0.3, 0.4) is 0 Å². The van der Waals surface area contributed by atoms with Crippen molar-refractivity contribution in [3.63, 3.8) is 0 Å². The van der Waals surface area contributed by atoms with Crippen LogP contribution in [0.15, 0.2) is 28.2 Å². The number of thiazole rings is 1. The van der Waals surface area contributed by atoms with E-state index >= 15 is 0 Å². The molecule has 0 fully saturated rings. The normalized spacial score (nSPS) is 12.1. The van der Waals surface area contributed by atoms with E-state index in [1.807, 2.05) is 19.1 Å². The van der Waals surface area contributed by atoms with E-state index in [0.29, 0.717) is 6.04 Å². The average Bonchev–Trinajstić information content (AvgIpc) is 2.91. The van der Waals surface area contributed by atoms with Crippen LogP contribution in [0, 0.1) is 6.92 Å². The van der Waals surface area contributed by atoms with Crippen LogP contribution in [0.5, 0.6) is 0 Å². The van der Waals surface area contributed by atoms with Gasteiger partial charge in [-0.05, 0) is 25.5 Å². The maximum Gasteiger partial charge on any atom is 0.117 e. The molecule has 1 unspecified atom stereocenters. The summed E-state index contributed by atoms with van der Waals surface area (Å²) in [5, 5.41) is 6.70. The predicted molar refractivity (Wildman–Crippen MR) is 72.7 cm³/mol. The fourth-order valence-corrected chi connectivity index (χ4v) is 2.53. The van der Waals surface area contributed by atoms with Crippen molar-refractivity contribution in [2.75, 3.05) is 0 Å². The van der Waals surface area contributed by atoms with Crippen molar-refractivity contribution in [2.45, 2.75) is 32.9 Å². The summed E-state index contributed by atoms with van der Waals surface area (Å²) < 4.78 is 5.29. The van der Waals surface area contributed by atoms with Gasteiger partial charge in [0.25, 0.3) is 0 Å². The number of aryl methyl sites for hydroxylation is 1. The third-order valence-electron chi connectivity index (χ3n) is 2.45. The summed E-state index contributed by atoms with van der Waals surface area (Å²) in [5.74, 6) is 0.965. The van der Waals surface area contributed by atoms with Gasteiger partial charge in [0.05, 0.1) is 18.8 Å². The summed E-state index contributed by atoms with van der Waals surface area (Å²) in [6, 6.07) is 4.21. The quantitative estimate of drug-likeness (QED) is 0.902. The Kier molecular flexibility index (Phi) is 5.68. The fraction of sp³-hybridized carbons (Fsp3) is 0.417. The minimum absolute atomic E-state index is 0. The topological polar surface area (TPSA) is 38.1 Å². The molecule has 0 saturated carbocycles. The molecule has 0 bridgehead atoms. The predicted octanol–water partition coefficient (Wildman–Crippen LogP) is 3.71. The number of nitrogens with zero attached hydrogens (tertiary/aromatic N) is 1. The molecule has 0 saturated heterocycles. The van der Waals surface area contributed by atoms with E-state index in [1.54, 1.807) is 17.6 Å². The van der Waals surface area contributed by atoms with Gasteiger partial charge in [-0.2, -0.15) is 0 Å². The molecule has 2 rings (SSSR count). The van der Waals surface area contributed by atoms with Gasteiger partial charge in [0.1, 0.15) is 10.8 Å². The van der Waals surface area contributed by atoms with Crippen LogP contribution in [-0.2, 0) is 6.54 Å². The van der Waals surface area contributed by atoms with Gasteiger partial charge in [-0.15, -0.1) is 23.7 Å². The van der Waals surface area contributed by atoms with E-state index < -0.39 is 0 Å². The van der Waals surface area contributed by atoms with Crippen LogP contribution in [0.1, 0.15) is 35.8 Å². The van der Waals surface area contributed by atoms with Gasteiger partial charge in [0.2, 0.25) is 0 Å². The molecule has 0 aliphatic rings. The molecule has 1 N–H and O–H groups in total. The number of rotatable bonds is 5. The zero-order chi connectivity index (χ0) is 11.4. The molecule has 2 aromatic heterocycles. The highest BCUT2D eigenvalue weighted by Gasteiger charge is 2.12. The summed E-state index contributed by atoms with van der Waals surface area (Å²) >= 11 is 1.72. The first-order chi connectivity index (χ1) is 7.79. The Morgan fingerprint density at radius 2 is 2.35 bits per heavy atom. The molecule has 94 valence electrons. The highest BCUT2D eigenvalue weighted by molar-refractivity contribution is 7.09. The fourth-order valence-electron chi connectivity index (χ4n) is 1.58. The molecule has 2 heterocycles. The van der Waals surface area contributed by atoms with Crippen LogP contribution in [0.2, 0.25) is 0 Å². The lowest BCUT2D eigenvalue weighted by molar-refractivity contribution is 0.442. The minimum Gasteiger partial charge on any atom is -0.468 e. The molecular formula is C12H17ClN2OS. The van der Waals surface area contributed by atoms with Crippen molar-refractivity contribution in [3.8, 4) is 0 Å². The molecule has 0 aliphatic heterocycles. The van der Waals surface area contributed by atoms with Gasteiger partial charge in [-0.3, -0.25) is 0 Å². The summed E-state index contributed by atoms with van der Waals surface area (Å²) in [6.07, 6.45) is 2.74. The number of hydrogen-bond acceptors (Lipinski definition) is 4. The van der Waals surface area contributed by atoms with Crippen LogP contribution >= 0.6 is 23.7 Å². The van der Waals surface area contributed by atoms with Crippen LogP contribution < -0.4 is 5.32 Å². The Morgan fingerprint density at radius 3 is 2.88 bits per heavy atom. The molecule has 3 nitrogen and oxygen atoms in total. The summed E-state index contributed by atoms with van der Waals surface area (Å²) in [5.41, 5.74) is 1.10. The molecule has 0 aliphatic carbocycles. The Labute approximate surface area is 112 Å². The molecule has 2 aromatic rings. The zero-order valence-electron chi connectivity index (χ0n) is 9.97. The van der Waals surface area contributed by atoms with E-state index in [0.717, 1.165) is 29.4 Å². The van der Waals surface area contributed by atoms with E-state index in [9.17, 15) is 0 Å². The van der Waals surface area contributed by atoms with Crippen LogP contribution in [0.4, 0.5) is 0 Å². The number of aromatic nitrogens is 1. The van der Waals surface area contributed by atoms with Gasteiger partial charge < -0.3 is 9.73 Å². The van der Waals surface area contributed by atoms with Crippen LogP contribution in [-0.4, -0.2) is 4.98 Å². The number of hydrogen-bond donors (Lipinski definition) is 1. The lowest BCUT2D eigenvalue weighted by Crippen LogP contribution is -2.19. The van der Waals surface area contributed by atoms with Gasteiger partial charge in [-0.25, -0.2) is 4.98 Å². The Bertz CT molecular complexity index is 427. The van der Waals surface area contributed by atoms with Crippen molar-refractivity contribution < 1.29 is 4.42 Å². The van der Waals surface area contributed by atoms with Crippen molar-refractivity contribution in [3.05, 3.63) is 40.2 Å². The summed E-state index contributed by atoms with van der Waals surface area (Å²) in [6.45, 7) is 4.94. The molecule has 0 amide bonds. The van der Waals surface area contributed by atoms with E-state index in [-0.39, 0.29) is 12.4 Å². The molecule has 0 aromatic carbocycles. The smallest absolute Gasteiger partial charge is 0.117 e. The third kappa shape index (κ3) is 3.84. The van der Waals surface area contributed by atoms with Crippen LogP contribution in [0.25, 0.3) is 0 Å². The second kappa shape index (κ2) is 6.79. The van der Waals surface area contributed by atoms with E-state index in [1.165, 1.54) is 0 Å². The van der Waals surface area contributed by atoms with Gasteiger partial charge in [-0.1, -0.05) is 6.92 Å². The number of halogens is 1. The molecule has 17 heavy (non-hydrogen) atoms. The van der Waals surface area contributed by atoms with Gasteiger partial charge in [0.15, 0.2) is 0 Å². The number of nitrogens with one attached hydrogen (secondary N) is 1. The highest BCUT2D eigenvalue weighted by Crippen LogP contribution is 2.21. The molecule has 1 atom stereocenters. The molecule has 0 spiro atoms. The second-order valence-electron chi connectivity index (χ2n) is 3.75. The van der Waals surface area contributed by atoms with Gasteiger partial charge in [0, 0.05) is 11.1 Å². The first-order valence-electron chi connectivity index (χ1n) is 5.47. The maximum absolute atomic E-state index is 5.29. The Morgan fingerprint density at radius 1 is 1.53 bits per heavy atom. The van der Waals surface area contributed by atoms with Gasteiger partial charge >= 0.3 is 0 Å². The van der Waals surface area contributed by atoms with Crippen molar-refractivity contribution >= 4 is 23.7 Å². The monoisotopic (exact) mass is 272 g/mol. The summed E-state index contributed by atoms with van der Waals surface area (Å²) in [4.78, 5) is 4.51. The standard InChI is InChI=1S/C12H16N2OS.ClH/c1-3-11(12-14-9(2)8-16-12)13-7-10-5-4-6-15-10;/h4-6,8,11,13H,3,7H2,1-2H3;1H. The Balaban J connectivity index is 0.00000144. The zero-order valence-corrected chi connectivity index (χ0v) is 11.6. The van der Waals surface area contributed by atoms with E-state index in [4.69, 9.17) is 4.42 Å². The third-order valence-corrected chi connectivity index (χ3v) is 3.52. The minimum atomic E-state index is 0. The van der Waals surface area contributed by atoms with E-state index in [2.05, 4.69) is 22.6 Å². The number of furan rings is 1. The molecule has 5 heteroatoms. The van der Waals surface area contributed by atoms with Crippen molar-refractivity contribution in [1.82, 2.24) is 10.3 Å². The average molecular weight is 273 g/mol. The second-order valence-corrected chi connectivity index (χ2v) is 4.64. The maximum atomic E-state index is 5.29. The molecule has 0 radical (unpaired) electrons.